The minimum absolute atomic E-state index is 0.0379. The van der Waals surface area contributed by atoms with Gasteiger partial charge in [-0.15, -0.1) is 8.78 Å². The molecule has 2 atom stereocenters. The number of amides is 1. The Morgan fingerprint density at radius 3 is 2.64 bits per heavy atom. The molecule has 174 valence electrons. The van der Waals surface area contributed by atoms with Crippen molar-refractivity contribution in [1.29, 1.82) is 0 Å². The van der Waals surface area contributed by atoms with Gasteiger partial charge in [0.2, 0.25) is 5.91 Å². The van der Waals surface area contributed by atoms with Crippen LogP contribution in [0, 0.1) is 0 Å². The highest BCUT2D eigenvalue weighted by Gasteiger charge is 2.53. The molecule has 0 aromatic heterocycles. The van der Waals surface area contributed by atoms with E-state index in [-0.39, 0.29) is 22.9 Å². The predicted octanol–water partition coefficient (Wildman–Crippen LogP) is 4.70. The molecular formula is C23H22ClF2N3O3S. The molecule has 3 N–H and O–H groups in total. The molecular weight excluding hydrogens is 472 g/mol. The number of carbonyl (C=O) groups is 1. The summed E-state index contributed by atoms with van der Waals surface area (Å²) in [6.07, 6.45) is -2.45. The Morgan fingerprint density at radius 2 is 1.94 bits per heavy atom. The lowest BCUT2D eigenvalue weighted by Gasteiger charge is -2.26. The van der Waals surface area contributed by atoms with Gasteiger partial charge in [-0.1, -0.05) is 47.6 Å². The topological polar surface area (TPSA) is 76.8 Å². The van der Waals surface area contributed by atoms with Crippen molar-refractivity contribution >= 4 is 29.3 Å². The second-order valence-corrected chi connectivity index (χ2v) is 9.94. The second-order valence-electron chi connectivity index (χ2n) is 8.41. The molecule has 0 saturated heterocycles. The van der Waals surface area contributed by atoms with Crippen molar-refractivity contribution in [3.63, 3.8) is 0 Å². The van der Waals surface area contributed by atoms with E-state index in [4.69, 9.17) is 17.3 Å². The minimum Gasteiger partial charge on any atom is -0.395 e. The maximum absolute atomic E-state index is 13.4. The fourth-order valence-electron chi connectivity index (χ4n) is 4.20. The zero-order valence-corrected chi connectivity index (χ0v) is 19.5. The number of allylic oxidation sites excluding steroid dienone is 1. The van der Waals surface area contributed by atoms with Crippen LogP contribution in [0.2, 0.25) is 5.02 Å². The molecule has 2 aromatic rings. The van der Waals surface area contributed by atoms with E-state index >= 15 is 0 Å². The van der Waals surface area contributed by atoms with Crippen LogP contribution in [0.1, 0.15) is 36.9 Å². The third-order valence-electron chi connectivity index (χ3n) is 6.39. The molecule has 6 nitrogen and oxygen atoms in total. The molecule has 1 fully saturated rings. The van der Waals surface area contributed by atoms with Crippen molar-refractivity contribution in [2.45, 2.75) is 43.0 Å². The number of fused-ring (bicyclic) bond motifs is 1. The Hall–Kier alpha value is -2.49. The molecule has 1 aliphatic carbocycles. The van der Waals surface area contributed by atoms with Crippen LogP contribution in [0.25, 0.3) is 0 Å². The molecule has 0 bridgehead atoms. The summed E-state index contributed by atoms with van der Waals surface area (Å²) in [7, 11) is 1.89. The molecule has 3 aliphatic rings. The Balaban J connectivity index is 1.32. The summed E-state index contributed by atoms with van der Waals surface area (Å²) in [4.78, 5) is 16.2. The standard InChI is InChI=1S/C23H22ClF2N3O3S/c1-12-19(18(27)14-5-3-4-6-15(14)24)33-21(29(12)2)28-20(30)22(9-10-22)13-7-8-16-17(11-13)32-23(25,26)31-16/h3-8,11,18,21H,9-10,27H2,1-2H3,(H,28,30)/t18-,21?/m0/s1. The van der Waals surface area contributed by atoms with Gasteiger partial charge in [0.1, 0.15) is 0 Å². The Kier molecular flexibility index (Phi) is 5.26. The molecule has 5 rings (SSSR count). The minimum atomic E-state index is -3.69. The maximum Gasteiger partial charge on any atom is 0.586 e. The highest BCUT2D eigenvalue weighted by Crippen LogP contribution is 2.52. The van der Waals surface area contributed by atoms with E-state index in [0.717, 1.165) is 16.2 Å². The number of benzene rings is 2. The number of nitrogens with two attached hydrogens (primary N) is 1. The molecule has 33 heavy (non-hydrogen) atoms. The smallest absolute Gasteiger partial charge is 0.395 e. The van der Waals surface area contributed by atoms with Crippen LogP contribution >= 0.6 is 23.4 Å². The first-order valence-electron chi connectivity index (χ1n) is 10.4. The number of ether oxygens (including phenoxy) is 2. The highest BCUT2D eigenvalue weighted by atomic mass is 35.5. The van der Waals surface area contributed by atoms with E-state index in [1.165, 1.54) is 23.9 Å². The summed E-state index contributed by atoms with van der Waals surface area (Å²) in [5.74, 6) is -0.267. The fourth-order valence-corrected chi connectivity index (χ4v) is 5.76. The monoisotopic (exact) mass is 493 g/mol. The van der Waals surface area contributed by atoms with Gasteiger partial charge in [-0.05, 0) is 49.1 Å². The number of hydrogen-bond donors (Lipinski definition) is 2. The molecule has 0 radical (unpaired) electrons. The quantitative estimate of drug-likeness (QED) is 0.628. The number of thioether (sulfide) groups is 1. The van der Waals surface area contributed by atoms with E-state index in [2.05, 4.69) is 14.8 Å². The van der Waals surface area contributed by atoms with Crippen LogP contribution in [0.4, 0.5) is 8.78 Å². The van der Waals surface area contributed by atoms with E-state index in [9.17, 15) is 13.6 Å². The number of hydrogen-bond acceptors (Lipinski definition) is 6. The summed E-state index contributed by atoms with van der Waals surface area (Å²) in [6.45, 7) is 1.95. The van der Waals surface area contributed by atoms with Crippen molar-refractivity contribution in [1.82, 2.24) is 10.2 Å². The van der Waals surface area contributed by atoms with Gasteiger partial charge < -0.3 is 25.4 Å². The first-order chi connectivity index (χ1) is 15.6. The van der Waals surface area contributed by atoms with Gasteiger partial charge in [-0.2, -0.15) is 0 Å². The van der Waals surface area contributed by atoms with Crippen LogP contribution in [-0.4, -0.2) is 29.6 Å². The maximum atomic E-state index is 13.4. The summed E-state index contributed by atoms with van der Waals surface area (Å²) >= 11 is 7.81. The molecule has 0 spiro atoms. The summed E-state index contributed by atoms with van der Waals surface area (Å²) in [6, 6.07) is 11.5. The lowest BCUT2D eigenvalue weighted by atomic mass is 9.94. The molecule has 1 saturated carbocycles. The first-order valence-corrected chi connectivity index (χ1v) is 11.7. The van der Waals surface area contributed by atoms with Gasteiger partial charge in [0.25, 0.3) is 0 Å². The van der Waals surface area contributed by atoms with E-state index in [1.54, 1.807) is 12.1 Å². The highest BCUT2D eigenvalue weighted by molar-refractivity contribution is 8.03. The van der Waals surface area contributed by atoms with Gasteiger partial charge in [-0.25, -0.2) is 0 Å². The third-order valence-corrected chi connectivity index (χ3v) is 8.20. The number of halogens is 3. The van der Waals surface area contributed by atoms with Gasteiger partial charge >= 0.3 is 6.29 Å². The molecule has 2 aliphatic heterocycles. The van der Waals surface area contributed by atoms with Crippen molar-refractivity contribution in [2.24, 2.45) is 5.73 Å². The zero-order valence-electron chi connectivity index (χ0n) is 17.9. The molecule has 1 amide bonds. The summed E-state index contributed by atoms with van der Waals surface area (Å²) in [5.41, 5.74) is 7.79. The lowest BCUT2D eigenvalue weighted by Crippen LogP contribution is -2.45. The number of nitrogens with zero attached hydrogens (tertiary/aromatic N) is 1. The number of alkyl halides is 2. The van der Waals surface area contributed by atoms with Crippen LogP contribution in [0.15, 0.2) is 53.1 Å². The average Bonchev–Trinajstić information content (AvgIpc) is 3.46. The molecule has 1 unspecified atom stereocenters. The van der Waals surface area contributed by atoms with Crippen LogP contribution in [0.3, 0.4) is 0 Å². The lowest BCUT2D eigenvalue weighted by molar-refractivity contribution is -0.286. The number of nitrogens with one attached hydrogen (secondary N) is 1. The number of carbonyl (C=O) groups excluding carboxylic acids is 1. The summed E-state index contributed by atoms with van der Waals surface area (Å²) < 4.78 is 35.8. The third kappa shape index (κ3) is 3.82. The van der Waals surface area contributed by atoms with Crippen LogP contribution < -0.4 is 20.5 Å². The van der Waals surface area contributed by atoms with E-state index in [1.807, 2.05) is 37.1 Å². The van der Waals surface area contributed by atoms with Crippen LogP contribution in [-0.2, 0) is 10.2 Å². The zero-order chi connectivity index (χ0) is 23.5. The van der Waals surface area contributed by atoms with Crippen molar-refractivity contribution in [3.8, 4) is 11.5 Å². The van der Waals surface area contributed by atoms with Crippen molar-refractivity contribution < 1.29 is 23.0 Å². The largest absolute Gasteiger partial charge is 0.586 e. The van der Waals surface area contributed by atoms with Crippen molar-refractivity contribution in [2.75, 3.05) is 7.05 Å². The number of rotatable bonds is 5. The van der Waals surface area contributed by atoms with Crippen molar-refractivity contribution in [3.05, 3.63) is 69.2 Å². The first kappa shape index (κ1) is 22.3. The molecule has 2 heterocycles. The fraction of sp³-hybridized carbons (Fsp3) is 0.348. The second kappa shape index (κ2) is 7.78. The molecule has 2 aromatic carbocycles. The van der Waals surface area contributed by atoms with Gasteiger partial charge in [0.05, 0.1) is 11.5 Å². The SMILES string of the molecule is CC1=C([C@@H](N)c2ccccc2Cl)SC(NC(=O)C2(c3ccc4c(c3)OC(F)(F)O4)CC2)N1C. The van der Waals surface area contributed by atoms with Gasteiger partial charge in [0.15, 0.2) is 17.0 Å². The van der Waals surface area contributed by atoms with E-state index in [0.29, 0.717) is 23.4 Å². The van der Waals surface area contributed by atoms with Gasteiger partial charge in [0, 0.05) is 22.7 Å². The Labute approximate surface area is 199 Å². The predicted molar refractivity (Wildman–Crippen MR) is 122 cm³/mol. The van der Waals surface area contributed by atoms with E-state index < -0.39 is 17.8 Å². The molecule has 10 heteroatoms. The Morgan fingerprint density at radius 1 is 1.24 bits per heavy atom. The average molecular weight is 494 g/mol. The van der Waals surface area contributed by atoms with Gasteiger partial charge in [-0.3, -0.25) is 4.79 Å². The summed E-state index contributed by atoms with van der Waals surface area (Å²) in [5, 5.41) is 3.68. The Bertz CT molecular complexity index is 1170. The van der Waals surface area contributed by atoms with Crippen LogP contribution in [0.5, 0.6) is 11.5 Å². The normalized spacial score (nSPS) is 23.0.